The maximum Gasteiger partial charge on any atom is 0.160 e. The molecule has 0 fully saturated rings. The number of rotatable bonds is 7. The van der Waals surface area contributed by atoms with E-state index in [-0.39, 0.29) is 0 Å². The smallest absolute Gasteiger partial charge is 0.160 e. The maximum atomic E-state index is 5.41. The van der Waals surface area contributed by atoms with Gasteiger partial charge in [-0.2, -0.15) is 0 Å². The van der Waals surface area contributed by atoms with Crippen molar-refractivity contribution in [2.75, 3.05) is 27.9 Å². The average Bonchev–Trinajstić information content (AvgIpc) is 2.69. The predicted octanol–water partition coefficient (Wildman–Crippen LogP) is 4.21. The minimum absolute atomic E-state index is 0.759. The molecule has 0 radical (unpaired) electrons. The first-order valence-corrected chi connectivity index (χ1v) is 8.66. The molecule has 2 aromatic rings. The van der Waals surface area contributed by atoms with Gasteiger partial charge < -0.3 is 19.1 Å². The highest BCUT2D eigenvalue weighted by Crippen LogP contribution is 2.29. The highest BCUT2D eigenvalue weighted by atomic mass is 16.5. The molecule has 0 unspecified atom stereocenters. The summed E-state index contributed by atoms with van der Waals surface area (Å²) in [6.45, 7) is 1.79. The Morgan fingerprint density at radius 3 is 2.27 bits per heavy atom. The standard InChI is InChI=1S/C22H25NO3/c1-24-20-9-6-17(7-10-20)15-23-12-4-5-19(16-23)13-18-8-11-21(25-2)22(14-18)26-3/h4-12,14H,13,15-16H2,1-3H3. The highest BCUT2D eigenvalue weighted by Gasteiger charge is 2.11. The van der Waals surface area contributed by atoms with Gasteiger partial charge in [-0.25, -0.2) is 0 Å². The van der Waals surface area contributed by atoms with Crippen LogP contribution in [-0.4, -0.2) is 32.8 Å². The number of hydrogen-bond donors (Lipinski definition) is 0. The zero-order valence-electron chi connectivity index (χ0n) is 15.6. The quantitative estimate of drug-likeness (QED) is 0.748. The molecule has 0 atom stereocenters. The van der Waals surface area contributed by atoms with Crippen LogP contribution in [0.5, 0.6) is 17.2 Å². The highest BCUT2D eigenvalue weighted by molar-refractivity contribution is 5.44. The molecule has 0 amide bonds. The second-order valence-electron chi connectivity index (χ2n) is 6.29. The molecule has 0 spiro atoms. The fourth-order valence-electron chi connectivity index (χ4n) is 3.11. The van der Waals surface area contributed by atoms with Gasteiger partial charge in [-0.05, 0) is 59.7 Å². The van der Waals surface area contributed by atoms with E-state index in [9.17, 15) is 0 Å². The molecule has 3 rings (SSSR count). The molecule has 0 aliphatic carbocycles. The van der Waals surface area contributed by atoms with Crippen molar-refractivity contribution < 1.29 is 14.2 Å². The van der Waals surface area contributed by atoms with Crippen molar-refractivity contribution in [3.05, 3.63) is 77.5 Å². The van der Waals surface area contributed by atoms with E-state index in [4.69, 9.17) is 14.2 Å². The molecule has 1 aliphatic rings. The van der Waals surface area contributed by atoms with Gasteiger partial charge in [0, 0.05) is 13.1 Å². The first-order chi connectivity index (χ1) is 12.7. The zero-order valence-corrected chi connectivity index (χ0v) is 15.6. The Labute approximate surface area is 155 Å². The Kier molecular flexibility index (Phi) is 5.84. The minimum Gasteiger partial charge on any atom is -0.497 e. The number of ether oxygens (including phenoxy) is 3. The van der Waals surface area contributed by atoms with E-state index in [2.05, 4.69) is 41.5 Å². The summed E-state index contributed by atoms with van der Waals surface area (Å²) in [5.74, 6) is 2.42. The zero-order chi connectivity index (χ0) is 18.4. The van der Waals surface area contributed by atoms with Crippen LogP contribution in [0.4, 0.5) is 0 Å². The first kappa shape index (κ1) is 17.9. The maximum absolute atomic E-state index is 5.41. The summed E-state index contributed by atoms with van der Waals surface area (Å²) in [7, 11) is 5.01. The number of benzene rings is 2. The molecule has 26 heavy (non-hydrogen) atoms. The van der Waals surface area contributed by atoms with Gasteiger partial charge in [0.25, 0.3) is 0 Å². The first-order valence-electron chi connectivity index (χ1n) is 8.66. The molecule has 0 saturated heterocycles. The van der Waals surface area contributed by atoms with Crippen molar-refractivity contribution in [1.82, 2.24) is 4.90 Å². The van der Waals surface area contributed by atoms with Crippen LogP contribution in [0.25, 0.3) is 0 Å². The molecular formula is C22H25NO3. The number of nitrogens with zero attached hydrogens (tertiary/aromatic N) is 1. The minimum atomic E-state index is 0.759. The molecule has 1 heterocycles. The van der Waals surface area contributed by atoms with E-state index >= 15 is 0 Å². The summed E-state index contributed by atoms with van der Waals surface area (Å²) in [5, 5.41) is 0. The summed E-state index contributed by atoms with van der Waals surface area (Å²) in [6, 6.07) is 14.3. The fourth-order valence-corrected chi connectivity index (χ4v) is 3.11. The second-order valence-corrected chi connectivity index (χ2v) is 6.29. The molecule has 0 bridgehead atoms. The predicted molar refractivity (Wildman–Crippen MR) is 104 cm³/mol. The topological polar surface area (TPSA) is 30.9 Å². The molecular weight excluding hydrogens is 326 g/mol. The molecule has 4 heteroatoms. The Hall–Kier alpha value is -2.88. The lowest BCUT2D eigenvalue weighted by Gasteiger charge is -2.25. The summed E-state index contributed by atoms with van der Waals surface area (Å²) >= 11 is 0. The molecule has 2 aromatic carbocycles. The number of hydrogen-bond acceptors (Lipinski definition) is 4. The monoisotopic (exact) mass is 351 g/mol. The lowest BCUT2D eigenvalue weighted by Crippen LogP contribution is -2.22. The Balaban J connectivity index is 1.63. The normalized spacial score (nSPS) is 13.3. The van der Waals surface area contributed by atoms with Crippen LogP contribution in [-0.2, 0) is 13.0 Å². The van der Waals surface area contributed by atoms with Gasteiger partial charge in [0.05, 0.1) is 21.3 Å². The van der Waals surface area contributed by atoms with E-state index in [1.54, 1.807) is 21.3 Å². The second kappa shape index (κ2) is 8.48. The summed E-state index contributed by atoms with van der Waals surface area (Å²) < 4.78 is 15.9. The summed E-state index contributed by atoms with van der Waals surface area (Å²) in [5.41, 5.74) is 3.85. The Morgan fingerprint density at radius 2 is 1.58 bits per heavy atom. The lowest BCUT2D eigenvalue weighted by atomic mass is 10.0. The van der Waals surface area contributed by atoms with E-state index in [0.29, 0.717) is 0 Å². The molecule has 4 nitrogen and oxygen atoms in total. The molecule has 0 N–H and O–H groups in total. The van der Waals surface area contributed by atoms with E-state index < -0.39 is 0 Å². The molecule has 136 valence electrons. The van der Waals surface area contributed by atoms with Gasteiger partial charge in [-0.15, -0.1) is 0 Å². The van der Waals surface area contributed by atoms with Crippen LogP contribution in [0.3, 0.4) is 0 Å². The molecule has 0 aromatic heterocycles. The SMILES string of the molecule is COc1ccc(CN2C=CC=C(Cc3ccc(OC)c(OC)c3)C2)cc1. The van der Waals surface area contributed by atoms with Crippen molar-refractivity contribution >= 4 is 0 Å². The van der Waals surface area contributed by atoms with Crippen LogP contribution in [0, 0.1) is 0 Å². The van der Waals surface area contributed by atoms with Crippen LogP contribution < -0.4 is 14.2 Å². The van der Waals surface area contributed by atoms with Gasteiger partial charge in [0.15, 0.2) is 11.5 Å². The third kappa shape index (κ3) is 4.39. The van der Waals surface area contributed by atoms with Crippen molar-refractivity contribution in [2.45, 2.75) is 13.0 Å². The van der Waals surface area contributed by atoms with Gasteiger partial charge in [0.2, 0.25) is 0 Å². The largest absolute Gasteiger partial charge is 0.497 e. The van der Waals surface area contributed by atoms with Crippen LogP contribution in [0.2, 0.25) is 0 Å². The third-order valence-corrected chi connectivity index (χ3v) is 4.46. The summed E-state index contributed by atoms with van der Waals surface area (Å²) in [4.78, 5) is 2.32. The van der Waals surface area contributed by atoms with Crippen molar-refractivity contribution in [3.8, 4) is 17.2 Å². The van der Waals surface area contributed by atoms with Gasteiger partial charge in [-0.3, -0.25) is 0 Å². The van der Waals surface area contributed by atoms with E-state index in [1.807, 2.05) is 24.3 Å². The Morgan fingerprint density at radius 1 is 0.846 bits per heavy atom. The number of methoxy groups -OCH3 is 3. The Bertz CT molecular complexity index is 794. The van der Waals surface area contributed by atoms with Gasteiger partial charge in [-0.1, -0.05) is 24.3 Å². The van der Waals surface area contributed by atoms with Crippen molar-refractivity contribution in [1.29, 1.82) is 0 Å². The fraction of sp³-hybridized carbons (Fsp3) is 0.273. The van der Waals surface area contributed by atoms with Crippen LogP contribution in [0.15, 0.2) is 66.4 Å². The van der Waals surface area contributed by atoms with Gasteiger partial charge >= 0.3 is 0 Å². The molecule has 1 aliphatic heterocycles. The van der Waals surface area contributed by atoms with Crippen molar-refractivity contribution in [3.63, 3.8) is 0 Å². The van der Waals surface area contributed by atoms with E-state index in [0.717, 1.165) is 36.8 Å². The number of allylic oxidation sites excluding steroid dienone is 2. The van der Waals surface area contributed by atoms with Crippen LogP contribution in [0.1, 0.15) is 11.1 Å². The van der Waals surface area contributed by atoms with Crippen LogP contribution >= 0.6 is 0 Å². The molecule has 0 saturated carbocycles. The van der Waals surface area contributed by atoms with E-state index in [1.165, 1.54) is 16.7 Å². The van der Waals surface area contributed by atoms with Crippen molar-refractivity contribution in [2.24, 2.45) is 0 Å². The van der Waals surface area contributed by atoms with Gasteiger partial charge in [0.1, 0.15) is 5.75 Å². The average molecular weight is 351 g/mol. The summed E-state index contributed by atoms with van der Waals surface area (Å²) in [6.07, 6.45) is 7.34. The third-order valence-electron chi connectivity index (χ3n) is 4.46. The lowest BCUT2D eigenvalue weighted by molar-refractivity contribution is 0.354.